The van der Waals surface area contributed by atoms with Crippen molar-refractivity contribution in [1.29, 1.82) is 0 Å². The molecule has 7 nitrogen and oxygen atoms in total. The first-order valence-electron chi connectivity index (χ1n) is 8.39. The first-order valence-corrected chi connectivity index (χ1v) is 9.68. The van der Waals surface area contributed by atoms with Gasteiger partial charge >= 0.3 is 0 Å². The Morgan fingerprint density at radius 3 is 3.08 bits per heavy atom. The lowest BCUT2D eigenvalue weighted by Crippen LogP contribution is -2.32. The number of aromatic nitrogens is 3. The number of fused-ring (bicyclic) bond motifs is 1. The average molecular weight is 390 g/mol. The second kappa shape index (κ2) is 7.18. The summed E-state index contributed by atoms with van der Waals surface area (Å²) in [6, 6.07) is 5.82. The van der Waals surface area contributed by atoms with Gasteiger partial charge in [-0.3, -0.25) is 14.3 Å². The highest BCUT2D eigenvalue weighted by Gasteiger charge is 2.20. The quantitative estimate of drug-likeness (QED) is 0.656. The van der Waals surface area contributed by atoms with Gasteiger partial charge in [0, 0.05) is 30.9 Å². The van der Waals surface area contributed by atoms with Crippen LogP contribution in [0.4, 0.5) is 0 Å². The summed E-state index contributed by atoms with van der Waals surface area (Å²) in [5.41, 5.74) is 6.69. The van der Waals surface area contributed by atoms with Crippen LogP contribution in [0, 0.1) is 4.77 Å². The molecule has 0 fully saturated rings. The predicted molar refractivity (Wildman–Crippen MR) is 101 cm³/mol. The van der Waals surface area contributed by atoms with E-state index in [0.29, 0.717) is 29.6 Å². The molecule has 0 bridgehead atoms. The van der Waals surface area contributed by atoms with Crippen LogP contribution in [-0.4, -0.2) is 31.7 Å². The second-order valence-corrected chi connectivity index (χ2v) is 7.63. The van der Waals surface area contributed by atoms with E-state index in [4.69, 9.17) is 22.4 Å². The third kappa shape index (κ3) is 3.37. The summed E-state index contributed by atoms with van der Waals surface area (Å²) < 4.78 is 9.67. The van der Waals surface area contributed by atoms with Crippen molar-refractivity contribution in [3.05, 3.63) is 45.1 Å². The minimum Gasteiger partial charge on any atom is -0.461 e. The Hall–Kier alpha value is -2.23. The molecule has 0 unspecified atom stereocenters. The molecular formula is C17H19N5O2S2. The van der Waals surface area contributed by atoms with Gasteiger partial charge in [0.05, 0.1) is 12.9 Å². The maximum atomic E-state index is 11.2. The summed E-state index contributed by atoms with van der Waals surface area (Å²) >= 11 is 7.43. The number of rotatable bonds is 6. The van der Waals surface area contributed by atoms with Gasteiger partial charge < -0.3 is 10.2 Å². The van der Waals surface area contributed by atoms with Gasteiger partial charge in [-0.05, 0) is 47.8 Å². The summed E-state index contributed by atoms with van der Waals surface area (Å²) in [7, 11) is 0. The third-order valence-electron chi connectivity index (χ3n) is 4.47. The van der Waals surface area contributed by atoms with Crippen LogP contribution in [0.5, 0.6) is 0 Å². The monoisotopic (exact) mass is 389 g/mol. The van der Waals surface area contributed by atoms with Crippen molar-refractivity contribution in [2.75, 3.05) is 6.54 Å². The van der Waals surface area contributed by atoms with E-state index < -0.39 is 0 Å². The molecule has 0 radical (unpaired) electrons. The summed E-state index contributed by atoms with van der Waals surface area (Å²) in [4.78, 5) is 15.0. The highest BCUT2D eigenvalue weighted by Crippen LogP contribution is 2.25. The normalized spacial score (nSPS) is 14.5. The largest absolute Gasteiger partial charge is 0.461 e. The summed E-state index contributed by atoms with van der Waals surface area (Å²) in [6.45, 7) is 2.86. The van der Waals surface area contributed by atoms with Crippen molar-refractivity contribution in [3.8, 4) is 11.6 Å². The number of primary amides is 1. The Kier molecular flexibility index (Phi) is 4.75. The zero-order valence-electron chi connectivity index (χ0n) is 14.1. The van der Waals surface area contributed by atoms with Crippen LogP contribution in [0.2, 0.25) is 0 Å². The van der Waals surface area contributed by atoms with Crippen LogP contribution in [0.1, 0.15) is 16.9 Å². The molecule has 0 aliphatic carbocycles. The number of nitrogens with two attached hydrogens (primary N) is 1. The molecule has 0 spiro atoms. The second-order valence-electron chi connectivity index (χ2n) is 6.26. The lowest BCUT2D eigenvalue weighted by Gasteiger charge is -2.26. The van der Waals surface area contributed by atoms with Crippen LogP contribution in [0.15, 0.2) is 34.3 Å². The van der Waals surface area contributed by atoms with Gasteiger partial charge in [0.2, 0.25) is 5.91 Å². The van der Waals surface area contributed by atoms with Crippen LogP contribution >= 0.6 is 23.6 Å². The highest BCUT2D eigenvalue weighted by molar-refractivity contribution is 7.71. The molecule has 1 amide bonds. The van der Waals surface area contributed by atoms with E-state index in [-0.39, 0.29) is 12.3 Å². The first kappa shape index (κ1) is 17.2. The van der Waals surface area contributed by atoms with Crippen LogP contribution in [0.3, 0.4) is 0 Å². The van der Waals surface area contributed by atoms with E-state index >= 15 is 0 Å². The van der Waals surface area contributed by atoms with Crippen LogP contribution < -0.4 is 5.73 Å². The van der Waals surface area contributed by atoms with Gasteiger partial charge in [-0.25, -0.2) is 4.68 Å². The molecule has 3 aromatic heterocycles. The van der Waals surface area contributed by atoms with E-state index in [2.05, 4.69) is 21.4 Å². The number of hydrogen-bond donors (Lipinski definition) is 1. The molecular weight excluding hydrogens is 370 g/mol. The number of furan rings is 1. The molecule has 4 heterocycles. The maximum Gasteiger partial charge on any atom is 0.219 e. The highest BCUT2D eigenvalue weighted by atomic mass is 32.1. The molecule has 0 saturated heterocycles. The van der Waals surface area contributed by atoms with E-state index in [0.717, 1.165) is 19.5 Å². The Bertz CT molecular complexity index is 970. The lowest BCUT2D eigenvalue weighted by atomic mass is 10.1. The fourth-order valence-electron chi connectivity index (χ4n) is 3.16. The van der Waals surface area contributed by atoms with Gasteiger partial charge in [-0.1, -0.05) is 0 Å². The number of carbonyl (C=O) groups is 1. The van der Waals surface area contributed by atoms with E-state index in [1.807, 2.05) is 22.0 Å². The average Bonchev–Trinajstić information content (AvgIpc) is 3.34. The molecule has 26 heavy (non-hydrogen) atoms. The van der Waals surface area contributed by atoms with E-state index in [1.54, 1.807) is 17.0 Å². The van der Waals surface area contributed by atoms with Gasteiger partial charge in [-0.15, -0.1) is 16.4 Å². The van der Waals surface area contributed by atoms with Crippen molar-refractivity contribution in [2.45, 2.75) is 32.6 Å². The molecule has 0 atom stereocenters. The molecule has 0 saturated carbocycles. The third-order valence-corrected chi connectivity index (χ3v) is 5.92. The molecule has 2 N–H and O–H groups in total. The fraction of sp³-hybridized carbons (Fsp3) is 0.353. The zero-order valence-corrected chi connectivity index (χ0v) is 15.8. The summed E-state index contributed by atoms with van der Waals surface area (Å²) in [6.07, 6.45) is 2.85. The van der Waals surface area contributed by atoms with Crippen LogP contribution in [0.25, 0.3) is 11.6 Å². The Morgan fingerprint density at radius 1 is 1.42 bits per heavy atom. The number of nitrogens with zero attached hydrogens (tertiary/aromatic N) is 4. The first-order chi connectivity index (χ1) is 12.6. The van der Waals surface area contributed by atoms with Crippen molar-refractivity contribution >= 4 is 29.5 Å². The maximum absolute atomic E-state index is 11.2. The van der Waals surface area contributed by atoms with Gasteiger partial charge in [0.15, 0.2) is 16.4 Å². The fourth-order valence-corrected chi connectivity index (χ4v) is 4.33. The molecule has 0 aromatic carbocycles. The summed E-state index contributed by atoms with van der Waals surface area (Å²) in [5.74, 6) is 0.874. The predicted octanol–water partition coefficient (Wildman–Crippen LogP) is 2.63. The van der Waals surface area contributed by atoms with Gasteiger partial charge in [-0.2, -0.15) is 0 Å². The SMILES string of the molecule is NC(=O)CCn1c(-c2ccco2)nn(CN2CCc3sccc3C2)c1=S. The molecule has 9 heteroatoms. The molecule has 3 aromatic rings. The van der Waals surface area contributed by atoms with E-state index in [9.17, 15) is 4.79 Å². The van der Waals surface area contributed by atoms with Crippen molar-refractivity contribution in [2.24, 2.45) is 5.73 Å². The lowest BCUT2D eigenvalue weighted by molar-refractivity contribution is -0.118. The minimum absolute atomic E-state index is 0.204. The van der Waals surface area contributed by atoms with Crippen molar-refractivity contribution in [3.63, 3.8) is 0 Å². The van der Waals surface area contributed by atoms with Gasteiger partial charge in [0.1, 0.15) is 0 Å². The van der Waals surface area contributed by atoms with Gasteiger partial charge in [0.25, 0.3) is 0 Å². The minimum atomic E-state index is -0.369. The Balaban J connectivity index is 1.61. The van der Waals surface area contributed by atoms with Crippen molar-refractivity contribution in [1.82, 2.24) is 19.2 Å². The number of carbonyl (C=O) groups excluding carboxylic acids is 1. The zero-order chi connectivity index (χ0) is 18.1. The Morgan fingerprint density at radius 2 is 2.31 bits per heavy atom. The standard InChI is InChI=1S/C17H19N5O2S2/c18-15(23)4-7-21-16(13-2-1-8-24-13)19-22(17(21)25)11-20-6-3-14-12(10-20)5-9-26-14/h1-2,5,8-9H,3-4,6-7,10-11H2,(H2,18,23). The number of amides is 1. The van der Waals surface area contributed by atoms with E-state index in [1.165, 1.54) is 10.4 Å². The topological polar surface area (TPSA) is 82.2 Å². The van der Waals surface area contributed by atoms with Crippen LogP contribution in [-0.2, 0) is 31.0 Å². The molecule has 136 valence electrons. The Labute approximate surface area is 159 Å². The molecule has 4 rings (SSSR count). The smallest absolute Gasteiger partial charge is 0.219 e. The number of thiophene rings is 1. The molecule has 1 aliphatic heterocycles. The summed E-state index contributed by atoms with van der Waals surface area (Å²) in [5, 5.41) is 6.80. The number of hydrogen-bond acceptors (Lipinski definition) is 6. The van der Waals surface area contributed by atoms with Crippen molar-refractivity contribution < 1.29 is 9.21 Å². The molecule has 1 aliphatic rings.